The van der Waals surface area contributed by atoms with Gasteiger partial charge in [0.05, 0.1) is 6.61 Å². The van der Waals surface area contributed by atoms with Crippen LogP contribution in [0.3, 0.4) is 0 Å². The highest BCUT2D eigenvalue weighted by Gasteiger charge is 2.17. The largest absolute Gasteiger partial charge is 0.462 e. The van der Waals surface area contributed by atoms with E-state index in [1.54, 1.807) is 0 Å². The molecule has 0 heterocycles. The highest BCUT2D eigenvalue weighted by atomic mass is 16.6. The Kier molecular flexibility index (Phi) is 46.0. The van der Waals surface area contributed by atoms with Crippen molar-refractivity contribution < 1.29 is 23.8 Å². The van der Waals surface area contributed by atoms with Crippen LogP contribution in [0.1, 0.15) is 213 Å². The number of allylic oxidation sites excluding steroid dienone is 14. The summed E-state index contributed by atoms with van der Waals surface area (Å²) in [5, 5.41) is 0. The molecule has 0 aliphatic heterocycles. The van der Waals surface area contributed by atoms with Crippen LogP contribution in [0, 0.1) is 0 Å². The second kappa shape index (κ2) is 48.4. The van der Waals surface area contributed by atoms with E-state index in [9.17, 15) is 9.59 Å². The lowest BCUT2D eigenvalue weighted by Gasteiger charge is -2.18. The van der Waals surface area contributed by atoms with Gasteiger partial charge in [-0.25, -0.2) is 0 Å². The summed E-state index contributed by atoms with van der Waals surface area (Å²) in [6.45, 7) is 7.52. The standard InChI is InChI=1S/C53H90O5/c1-4-7-10-13-16-19-22-25-26-27-30-33-36-39-42-45-48-56-49-51(58-53(55)47-44-41-38-35-32-29-24-21-18-15-12-9-6-3)50-57-52(54)46-43-40-37-34-31-28-23-20-17-14-11-8-5-2/h7,10-12,14-16,19-21,23-26,51H,4-6,8-9,13,17-18,22,27-50H2,1-3H3/b10-7-,14-11-,15-12-,19-16-,23-20-,24-21-,26-25-. The second-order valence-electron chi connectivity index (χ2n) is 15.6. The number of hydrogen-bond donors (Lipinski definition) is 0. The molecule has 0 spiro atoms. The van der Waals surface area contributed by atoms with Crippen LogP contribution in [-0.4, -0.2) is 37.9 Å². The van der Waals surface area contributed by atoms with Crippen molar-refractivity contribution in [2.24, 2.45) is 0 Å². The van der Waals surface area contributed by atoms with E-state index in [2.05, 4.69) is 106 Å². The van der Waals surface area contributed by atoms with Crippen LogP contribution < -0.4 is 0 Å². The summed E-state index contributed by atoms with van der Waals surface area (Å²) in [5.41, 5.74) is 0. The van der Waals surface area contributed by atoms with Gasteiger partial charge in [-0.05, 0) is 103 Å². The van der Waals surface area contributed by atoms with Crippen molar-refractivity contribution in [1.82, 2.24) is 0 Å². The number of hydrogen-bond acceptors (Lipinski definition) is 5. The van der Waals surface area contributed by atoms with Gasteiger partial charge in [0.1, 0.15) is 6.61 Å². The second-order valence-corrected chi connectivity index (χ2v) is 15.6. The molecule has 0 radical (unpaired) electrons. The van der Waals surface area contributed by atoms with E-state index in [0.29, 0.717) is 19.4 Å². The zero-order valence-electron chi connectivity index (χ0n) is 38.0. The predicted octanol–water partition coefficient (Wildman–Crippen LogP) is 16.1. The van der Waals surface area contributed by atoms with E-state index in [4.69, 9.17) is 14.2 Å². The molecule has 0 rings (SSSR count). The van der Waals surface area contributed by atoms with Crippen molar-refractivity contribution in [3.05, 3.63) is 85.1 Å². The number of carbonyl (C=O) groups is 2. The quantitative estimate of drug-likeness (QED) is 0.0349. The van der Waals surface area contributed by atoms with E-state index in [0.717, 1.165) is 116 Å². The molecule has 0 N–H and O–H groups in total. The molecule has 0 saturated heterocycles. The summed E-state index contributed by atoms with van der Waals surface area (Å²) in [5.74, 6) is -0.441. The zero-order chi connectivity index (χ0) is 42.1. The topological polar surface area (TPSA) is 61.8 Å². The fraction of sp³-hybridized carbons (Fsp3) is 0.698. The first kappa shape index (κ1) is 55.1. The average Bonchev–Trinajstić information content (AvgIpc) is 3.22. The van der Waals surface area contributed by atoms with Crippen molar-refractivity contribution in [2.45, 2.75) is 219 Å². The van der Waals surface area contributed by atoms with Gasteiger partial charge < -0.3 is 14.2 Å². The summed E-state index contributed by atoms with van der Waals surface area (Å²) in [4.78, 5) is 25.3. The molecule has 1 unspecified atom stereocenters. The fourth-order valence-electron chi connectivity index (χ4n) is 6.30. The molecule has 0 fully saturated rings. The number of ether oxygens (including phenoxy) is 3. The van der Waals surface area contributed by atoms with Crippen LogP contribution in [0.2, 0.25) is 0 Å². The van der Waals surface area contributed by atoms with Gasteiger partial charge in [0.25, 0.3) is 0 Å². The molecular formula is C53H90O5. The van der Waals surface area contributed by atoms with Gasteiger partial charge in [0, 0.05) is 19.4 Å². The van der Waals surface area contributed by atoms with E-state index < -0.39 is 6.10 Å². The van der Waals surface area contributed by atoms with Gasteiger partial charge in [-0.1, -0.05) is 183 Å². The molecule has 332 valence electrons. The van der Waals surface area contributed by atoms with Gasteiger partial charge in [-0.15, -0.1) is 0 Å². The van der Waals surface area contributed by atoms with Crippen molar-refractivity contribution in [3.63, 3.8) is 0 Å². The highest BCUT2D eigenvalue weighted by molar-refractivity contribution is 5.70. The molecule has 1 atom stereocenters. The number of rotatable bonds is 43. The highest BCUT2D eigenvalue weighted by Crippen LogP contribution is 2.13. The van der Waals surface area contributed by atoms with Crippen LogP contribution in [0.15, 0.2) is 85.1 Å². The van der Waals surface area contributed by atoms with Crippen LogP contribution in [0.4, 0.5) is 0 Å². The first-order chi connectivity index (χ1) is 28.6. The third kappa shape index (κ3) is 45.8. The van der Waals surface area contributed by atoms with Gasteiger partial charge in [0.15, 0.2) is 6.10 Å². The fourth-order valence-corrected chi connectivity index (χ4v) is 6.30. The molecule has 0 aliphatic carbocycles. The molecule has 0 amide bonds. The maximum Gasteiger partial charge on any atom is 0.306 e. The summed E-state index contributed by atoms with van der Waals surface area (Å²) >= 11 is 0. The van der Waals surface area contributed by atoms with E-state index in [-0.39, 0.29) is 25.2 Å². The summed E-state index contributed by atoms with van der Waals surface area (Å²) in [6, 6.07) is 0. The minimum Gasteiger partial charge on any atom is -0.462 e. The lowest BCUT2D eigenvalue weighted by atomic mass is 10.1. The van der Waals surface area contributed by atoms with Crippen LogP contribution in [-0.2, 0) is 23.8 Å². The monoisotopic (exact) mass is 807 g/mol. The molecule has 58 heavy (non-hydrogen) atoms. The molecule has 0 aromatic rings. The van der Waals surface area contributed by atoms with Gasteiger partial charge in [0.2, 0.25) is 0 Å². The van der Waals surface area contributed by atoms with Crippen LogP contribution >= 0.6 is 0 Å². The molecule has 0 aromatic heterocycles. The zero-order valence-corrected chi connectivity index (χ0v) is 38.0. The van der Waals surface area contributed by atoms with Gasteiger partial charge in [-0.3, -0.25) is 9.59 Å². The molecule has 5 nitrogen and oxygen atoms in total. The maximum absolute atomic E-state index is 12.8. The van der Waals surface area contributed by atoms with Gasteiger partial charge >= 0.3 is 11.9 Å². The first-order valence-corrected chi connectivity index (χ1v) is 24.1. The third-order valence-corrected chi connectivity index (χ3v) is 9.85. The molecule has 0 aliphatic rings. The SMILES string of the molecule is CC/C=C\C/C=C\C/C=C\CCCCCCCCOCC(COC(=O)CCCCCCC/C=C\C/C=C\CCC)OC(=O)CCCCCCC/C=C\C/C=C\CCC. The van der Waals surface area contributed by atoms with Crippen molar-refractivity contribution in [2.75, 3.05) is 19.8 Å². The Labute approximate surface area is 359 Å². The smallest absolute Gasteiger partial charge is 0.306 e. The molecular weight excluding hydrogens is 717 g/mol. The Balaban J connectivity index is 4.34. The Morgan fingerprint density at radius 1 is 0.397 bits per heavy atom. The summed E-state index contributed by atoms with van der Waals surface area (Å²) in [7, 11) is 0. The Hall–Kier alpha value is -2.92. The van der Waals surface area contributed by atoms with E-state index in [1.165, 1.54) is 64.2 Å². The number of esters is 2. The van der Waals surface area contributed by atoms with Crippen molar-refractivity contribution in [1.29, 1.82) is 0 Å². The van der Waals surface area contributed by atoms with Gasteiger partial charge in [-0.2, -0.15) is 0 Å². The minimum atomic E-state index is -0.559. The lowest BCUT2D eigenvalue weighted by molar-refractivity contribution is -0.163. The Morgan fingerprint density at radius 2 is 0.776 bits per heavy atom. The molecule has 5 heteroatoms. The summed E-state index contributed by atoms with van der Waals surface area (Å²) in [6.07, 6.45) is 63.0. The van der Waals surface area contributed by atoms with E-state index >= 15 is 0 Å². The Morgan fingerprint density at radius 3 is 1.24 bits per heavy atom. The normalized spacial score (nSPS) is 12.9. The van der Waals surface area contributed by atoms with Crippen LogP contribution in [0.5, 0.6) is 0 Å². The molecule has 0 aromatic carbocycles. The first-order valence-electron chi connectivity index (χ1n) is 24.1. The average molecular weight is 807 g/mol. The predicted molar refractivity (Wildman–Crippen MR) is 251 cm³/mol. The number of unbranched alkanes of at least 4 members (excludes halogenated alkanes) is 18. The maximum atomic E-state index is 12.8. The molecule has 0 saturated carbocycles. The third-order valence-electron chi connectivity index (χ3n) is 9.85. The number of carbonyl (C=O) groups excluding carboxylic acids is 2. The minimum absolute atomic E-state index is 0.0630. The van der Waals surface area contributed by atoms with Crippen LogP contribution in [0.25, 0.3) is 0 Å². The van der Waals surface area contributed by atoms with Crippen molar-refractivity contribution >= 4 is 11.9 Å². The Bertz CT molecular complexity index is 1090. The van der Waals surface area contributed by atoms with Crippen molar-refractivity contribution in [3.8, 4) is 0 Å². The summed E-state index contributed by atoms with van der Waals surface area (Å²) < 4.78 is 17.3. The lowest BCUT2D eigenvalue weighted by Crippen LogP contribution is -2.30. The van der Waals surface area contributed by atoms with E-state index in [1.807, 2.05) is 0 Å². The molecule has 0 bridgehead atoms.